The van der Waals surface area contributed by atoms with Crippen molar-refractivity contribution in [2.75, 3.05) is 45.6 Å². The number of nitrogens with zero attached hydrogens (tertiary/aromatic N) is 4. The molecular weight excluding hydrogens is 262 g/mol. The van der Waals surface area contributed by atoms with Gasteiger partial charge in [-0.1, -0.05) is 11.6 Å². The second-order valence-corrected chi connectivity index (χ2v) is 5.73. The predicted octanol–water partition coefficient (Wildman–Crippen LogP) is 1.40. The standard InChI is InChI=1S/C13H22ClN5/c1-9-10(2)13(17-16-12(9)14)15-7-11-8-18(3)5-6-19(11)4/h11H,5-8H2,1-4H3,(H,15,17). The highest BCUT2D eigenvalue weighted by molar-refractivity contribution is 6.30. The first-order chi connectivity index (χ1) is 8.99. The Balaban J connectivity index is 2.00. The third-order valence-corrected chi connectivity index (χ3v) is 4.31. The van der Waals surface area contributed by atoms with Crippen molar-refractivity contribution in [1.82, 2.24) is 20.0 Å². The number of halogens is 1. The number of likely N-dealkylation sites (N-methyl/N-ethyl adjacent to an activating group) is 2. The van der Waals surface area contributed by atoms with Gasteiger partial charge in [0.2, 0.25) is 0 Å². The molecule has 1 unspecified atom stereocenters. The van der Waals surface area contributed by atoms with E-state index in [1.165, 1.54) is 0 Å². The van der Waals surface area contributed by atoms with Crippen LogP contribution in [-0.4, -0.2) is 66.3 Å². The van der Waals surface area contributed by atoms with E-state index in [1.807, 2.05) is 13.8 Å². The SMILES string of the molecule is Cc1c(Cl)nnc(NCC2CN(C)CCN2C)c1C. The number of hydrogen-bond donors (Lipinski definition) is 1. The van der Waals surface area contributed by atoms with Crippen LogP contribution in [0.4, 0.5) is 5.82 Å². The highest BCUT2D eigenvalue weighted by Crippen LogP contribution is 2.20. The van der Waals surface area contributed by atoms with E-state index < -0.39 is 0 Å². The van der Waals surface area contributed by atoms with Gasteiger partial charge < -0.3 is 10.2 Å². The molecule has 0 aliphatic carbocycles. The van der Waals surface area contributed by atoms with Crippen molar-refractivity contribution >= 4 is 17.4 Å². The molecule has 0 saturated carbocycles. The van der Waals surface area contributed by atoms with Crippen molar-refractivity contribution in [3.63, 3.8) is 0 Å². The number of piperazine rings is 1. The quantitative estimate of drug-likeness (QED) is 0.909. The van der Waals surface area contributed by atoms with Gasteiger partial charge in [0.15, 0.2) is 11.0 Å². The summed E-state index contributed by atoms with van der Waals surface area (Å²) in [7, 11) is 4.34. The molecule has 1 N–H and O–H groups in total. The molecule has 0 amide bonds. The van der Waals surface area contributed by atoms with E-state index in [1.54, 1.807) is 0 Å². The molecule has 1 aromatic rings. The van der Waals surface area contributed by atoms with Gasteiger partial charge in [0.1, 0.15) is 0 Å². The number of anilines is 1. The molecular formula is C13H22ClN5. The zero-order valence-corrected chi connectivity index (χ0v) is 12.8. The Morgan fingerprint density at radius 3 is 2.68 bits per heavy atom. The van der Waals surface area contributed by atoms with Gasteiger partial charge in [0, 0.05) is 32.2 Å². The fourth-order valence-corrected chi connectivity index (χ4v) is 2.46. The maximum atomic E-state index is 5.96. The summed E-state index contributed by atoms with van der Waals surface area (Å²) < 4.78 is 0. The average molecular weight is 284 g/mol. The summed E-state index contributed by atoms with van der Waals surface area (Å²) in [6, 6.07) is 0.496. The van der Waals surface area contributed by atoms with Crippen molar-refractivity contribution in [1.29, 1.82) is 0 Å². The molecule has 0 bridgehead atoms. The number of hydrogen-bond acceptors (Lipinski definition) is 5. The van der Waals surface area contributed by atoms with Crippen LogP contribution in [0.3, 0.4) is 0 Å². The van der Waals surface area contributed by atoms with Crippen LogP contribution < -0.4 is 5.32 Å². The molecule has 1 saturated heterocycles. The van der Waals surface area contributed by atoms with E-state index in [9.17, 15) is 0 Å². The topological polar surface area (TPSA) is 44.3 Å². The van der Waals surface area contributed by atoms with Crippen molar-refractivity contribution in [3.05, 3.63) is 16.3 Å². The van der Waals surface area contributed by atoms with E-state index >= 15 is 0 Å². The largest absolute Gasteiger partial charge is 0.367 e. The summed E-state index contributed by atoms with van der Waals surface area (Å²) in [5.74, 6) is 0.837. The Morgan fingerprint density at radius 1 is 1.21 bits per heavy atom. The number of nitrogens with one attached hydrogen (secondary N) is 1. The molecule has 0 radical (unpaired) electrons. The maximum absolute atomic E-state index is 5.96. The smallest absolute Gasteiger partial charge is 0.155 e. The van der Waals surface area contributed by atoms with Crippen LogP contribution in [0.15, 0.2) is 0 Å². The van der Waals surface area contributed by atoms with E-state index in [2.05, 4.69) is 39.4 Å². The molecule has 0 spiro atoms. The van der Waals surface area contributed by atoms with Gasteiger partial charge in [-0.2, -0.15) is 0 Å². The van der Waals surface area contributed by atoms with Crippen LogP contribution in [0.2, 0.25) is 5.15 Å². The van der Waals surface area contributed by atoms with E-state index in [4.69, 9.17) is 11.6 Å². The first-order valence-corrected chi connectivity index (χ1v) is 6.99. The van der Waals surface area contributed by atoms with Crippen molar-refractivity contribution < 1.29 is 0 Å². The van der Waals surface area contributed by atoms with Crippen molar-refractivity contribution in [2.45, 2.75) is 19.9 Å². The minimum absolute atomic E-state index is 0.484. The molecule has 106 valence electrons. The van der Waals surface area contributed by atoms with E-state index in [0.29, 0.717) is 11.2 Å². The highest BCUT2D eigenvalue weighted by Gasteiger charge is 2.22. The first-order valence-electron chi connectivity index (χ1n) is 6.61. The van der Waals surface area contributed by atoms with Gasteiger partial charge in [-0.15, -0.1) is 10.2 Å². The molecule has 1 fully saturated rings. The molecule has 1 aliphatic rings. The van der Waals surface area contributed by atoms with Gasteiger partial charge in [0.05, 0.1) is 0 Å². The minimum Gasteiger partial charge on any atom is -0.367 e. The first kappa shape index (κ1) is 14.5. The van der Waals surface area contributed by atoms with Crippen LogP contribution in [0.25, 0.3) is 0 Å². The third-order valence-electron chi connectivity index (χ3n) is 3.95. The van der Waals surface area contributed by atoms with Gasteiger partial charge >= 0.3 is 0 Å². The summed E-state index contributed by atoms with van der Waals surface area (Å²) in [4.78, 5) is 4.75. The summed E-state index contributed by atoms with van der Waals surface area (Å²) in [5.41, 5.74) is 2.07. The van der Waals surface area contributed by atoms with Gasteiger partial charge in [-0.25, -0.2) is 0 Å². The monoisotopic (exact) mass is 283 g/mol. The van der Waals surface area contributed by atoms with Crippen LogP contribution in [0.1, 0.15) is 11.1 Å². The Hall–Kier alpha value is -0.910. The molecule has 19 heavy (non-hydrogen) atoms. The zero-order valence-electron chi connectivity index (χ0n) is 12.1. The predicted molar refractivity (Wildman–Crippen MR) is 78.9 cm³/mol. The van der Waals surface area contributed by atoms with Crippen LogP contribution in [0, 0.1) is 13.8 Å². The Bertz CT molecular complexity index is 451. The average Bonchev–Trinajstić information content (AvgIpc) is 2.39. The van der Waals surface area contributed by atoms with Gasteiger partial charge in [-0.05, 0) is 39.1 Å². The summed E-state index contributed by atoms with van der Waals surface area (Å²) >= 11 is 5.96. The van der Waals surface area contributed by atoms with Crippen molar-refractivity contribution in [2.24, 2.45) is 0 Å². The lowest BCUT2D eigenvalue weighted by Gasteiger charge is -2.37. The van der Waals surface area contributed by atoms with Crippen LogP contribution in [0.5, 0.6) is 0 Å². The van der Waals surface area contributed by atoms with Gasteiger partial charge in [-0.3, -0.25) is 4.90 Å². The molecule has 6 heteroatoms. The van der Waals surface area contributed by atoms with Crippen LogP contribution >= 0.6 is 11.6 Å². The van der Waals surface area contributed by atoms with E-state index in [-0.39, 0.29) is 0 Å². The number of aromatic nitrogens is 2. The molecule has 0 aromatic carbocycles. The molecule has 1 aliphatic heterocycles. The molecule has 1 aromatic heterocycles. The van der Waals surface area contributed by atoms with E-state index in [0.717, 1.165) is 43.1 Å². The lowest BCUT2D eigenvalue weighted by Crippen LogP contribution is -2.52. The lowest BCUT2D eigenvalue weighted by atomic mass is 10.1. The maximum Gasteiger partial charge on any atom is 0.155 e. The molecule has 2 rings (SSSR count). The molecule has 2 heterocycles. The Kier molecular flexibility index (Phi) is 4.60. The lowest BCUT2D eigenvalue weighted by molar-refractivity contribution is 0.122. The zero-order chi connectivity index (χ0) is 14.0. The fraction of sp³-hybridized carbons (Fsp3) is 0.692. The number of rotatable bonds is 3. The molecule has 1 atom stereocenters. The summed E-state index contributed by atoms with van der Waals surface area (Å²) in [6.07, 6.45) is 0. The van der Waals surface area contributed by atoms with Gasteiger partial charge in [0.25, 0.3) is 0 Å². The Morgan fingerprint density at radius 2 is 1.95 bits per heavy atom. The summed E-state index contributed by atoms with van der Waals surface area (Å²) in [6.45, 7) is 8.17. The normalized spacial score (nSPS) is 21.6. The minimum atomic E-state index is 0.484. The summed E-state index contributed by atoms with van der Waals surface area (Å²) in [5, 5.41) is 12.0. The Labute approximate surface area is 119 Å². The van der Waals surface area contributed by atoms with Crippen molar-refractivity contribution in [3.8, 4) is 0 Å². The highest BCUT2D eigenvalue weighted by atomic mass is 35.5. The second kappa shape index (κ2) is 6.03. The third kappa shape index (κ3) is 3.35. The second-order valence-electron chi connectivity index (χ2n) is 5.37. The molecule has 5 nitrogen and oxygen atoms in total. The van der Waals surface area contributed by atoms with Crippen LogP contribution in [-0.2, 0) is 0 Å². The fourth-order valence-electron chi connectivity index (χ4n) is 2.28.